The fourth-order valence-corrected chi connectivity index (χ4v) is 3.27. The Morgan fingerprint density at radius 2 is 1.83 bits per heavy atom. The molecule has 0 aliphatic rings. The number of carbonyl (C=O) groups is 1. The van der Waals surface area contributed by atoms with E-state index in [0.717, 1.165) is 18.2 Å². The Kier molecular flexibility index (Phi) is 6.83. The van der Waals surface area contributed by atoms with Crippen LogP contribution in [0.1, 0.15) is 15.9 Å². The quantitative estimate of drug-likeness (QED) is 0.324. The molecule has 11 heteroatoms. The van der Waals surface area contributed by atoms with Crippen molar-refractivity contribution in [3.63, 3.8) is 0 Å². The van der Waals surface area contributed by atoms with Crippen LogP contribution < -0.4 is 15.4 Å². The van der Waals surface area contributed by atoms with Gasteiger partial charge in [0.25, 0.3) is 5.91 Å². The van der Waals surface area contributed by atoms with Gasteiger partial charge in [0.15, 0.2) is 0 Å². The molecule has 2 heterocycles. The molecule has 7 nitrogen and oxygen atoms in total. The Hall–Kier alpha value is -4.18. The number of benzene rings is 2. The molecule has 4 rings (SSSR count). The van der Waals surface area contributed by atoms with E-state index in [4.69, 9.17) is 16.3 Å². The van der Waals surface area contributed by atoms with Crippen molar-refractivity contribution in [2.24, 2.45) is 0 Å². The molecular formula is C24H17ClF3N5O2. The number of nitrogens with one attached hydrogen (secondary N) is 2. The lowest BCUT2D eigenvalue weighted by molar-refractivity contribution is -0.137. The minimum atomic E-state index is -4.57. The highest BCUT2D eigenvalue weighted by molar-refractivity contribution is 6.34. The van der Waals surface area contributed by atoms with Gasteiger partial charge in [-0.05, 0) is 48.5 Å². The monoisotopic (exact) mass is 499 g/mol. The summed E-state index contributed by atoms with van der Waals surface area (Å²) in [7, 11) is 1.70. The maximum Gasteiger partial charge on any atom is 0.416 e. The number of nitrogens with zero attached hydrogens (tertiary/aromatic N) is 3. The molecule has 4 aromatic rings. The third-order valence-corrected chi connectivity index (χ3v) is 5.11. The Morgan fingerprint density at radius 1 is 1.00 bits per heavy atom. The number of carbonyl (C=O) groups excluding carboxylic acids is 1. The molecule has 178 valence electrons. The average molecular weight is 500 g/mol. The third-order valence-electron chi connectivity index (χ3n) is 4.78. The Morgan fingerprint density at radius 3 is 2.60 bits per heavy atom. The molecule has 0 bridgehead atoms. The van der Waals surface area contributed by atoms with E-state index in [-0.39, 0.29) is 27.9 Å². The minimum Gasteiger partial charge on any atom is -0.438 e. The van der Waals surface area contributed by atoms with Gasteiger partial charge < -0.3 is 15.4 Å². The fourth-order valence-electron chi connectivity index (χ4n) is 3.10. The molecule has 1 amide bonds. The maximum atomic E-state index is 13.0. The largest absolute Gasteiger partial charge is 0.438 e. The molecule has 0 fully saturated rings. The summed E-state index contributed by atoms with van der Waals surface area (Å²) in [5.41, 5.74) is 0.222. The Labute approximate surface area is 203 Å². The first-order valence-electron chi connectivity index (χ1n) is 10.2. The second-order valence-corrected chi connectivity index (χ2v) is 7.56. The van der Waals surface area contributed by atoms with Crippen LogP contribution in [-0.4, -0.2) is 27.9 Å². The molecule has 0 saturated heterocycles. The molecule has 2 N–H and O–H groups in total. The summed E-state index contributed by atoms with van der Waals surface area (Å²) in [5, 5.41) is 5.56. The van der Waals surface area contributed by atoms with Crippen LogP contribution in [0.4, 0.5) is 24.8 Å². The van der Waals surface area contributed by atoms with E-state index in [0.29, 0.717) is 17.2 Å². The van der Waals surface area contributed by atoms with Crippen LogP contribution in [0.25, 0.3) is 11.3 Å². The number of hydrogen-bond acceptors (Lipinski definition) is 6. The summed E-state index contributed by atoms with van der Waals surface area (Å²) in [4.78, 5) is 25.4. The first-order valence-corrected chi connectivity index (χ1v) is 10.5. The lowest BCUT2D eigenvalue weighted by atomic mass is 10.1. The van der Waals surface area contributed by atoms with Gasteiger partial charge in [-0.1, -0.05) is 17.7 Å². The van der Waals surface area contributed by atoms with Gasteiger partial charge in [-0.25, -0.2) is 15.0 Å². The molecule has 0 aliphatic carbocycles. The van der Waals surface area contributed by atoms with Crippen LogP contribution in [0.5, 0.6) is 11.6 Å². The number of hydrogen-bond donors (Lipinski definition) is 2. The van der Waals surface area contributed by atoms with Gasteiger partial charge in [-0.2, -0.15) is 13.2 Å². The highest BCUT2D eigenvalue weighted by atomic mass is 35.5. The van der Waals surface area contributed by atoms with Crippen LogP contribution in [0.2, 0.25) is 5.02 Å². The van der Waals surface area contributed by atoms with E-state index < -0.39 is 17.6 Å². The second kappa shape index (κ2) is 9.98. The number of aromatic nitrogens is 3. The van der Waals surface area contributed by atoms with Gasteiger partial charge >= 0.3 is 6.18 Å². The van der Waals surface area contributed by atoms with Gasteiger partial charge in [-0.15, -0.1) is 0 Å². The van der Waals surface area contributed by atoms with E-state index in [1.165, 1.54) is 18.2 Å². The highest BCUT2D eigenvalue weighted by Crippen LogP contribution is 2.34. The molecule has 0 saturated carbocycles. The average Bonchev–Trinajstić information content (AvgIpc) is 2.86. The first kappa shape index (κ1) is 24.0. The van der Waals surface area contributed by atoms with Crippen molar-refractivity contribution in [2.75, 3.05) is 17.7 Å². The Bertz CT molecular complexity index is 1380. The number of halogens is 4. The second-order valence-electron chi connectivity index (χ2n) is 7.15. The van der Waals surface area contributed by atoms with Crippen molar-refractivity contribution < 1.29 is 22.7 Å². The minimum absolute atomic E-state index is 0.156. The molecule has 0 unspecified atom stereocenters. The molecule has 0 atom stereocenters. The predicted molar refractivity (Wildman–Crippen MR) is 126 cm³/mol. The van der Waals surface area contributed by atoms with Crippen molar-refractivity contribution in [3.05, 3.63) is 89.2 Å². The number of alkyl halides is 3. The van der Waals surface area contributed by atoms with E-state index in [1.54, 1.807) is 43.7 Å². The standard InChI is InChI=1S/C24H17ClF3N5O2/c1-29-23-31-11-9-19(33-23)17-6-3-10-30-22(17)35-16-7-8-18(25)20(13-16)32-21(34)14-4-2-5-15(12-14)24(26,27)28/h2-13H,1H3,(H,32,34)(H,29,31,33). The normalized spacial score (nSPS) is 11.1. The van der Waals surface area contributed by atoms with Gasteiger partial charge in [0.05, 0.1) is 27.5 Å². The van der Waals surface area contributed by atoms with Gasteiger partial charge in [0, 0.05) is 31.1 Å². The predicted octanol–water partition coefficient (Wildman–Crippen LogP) is 6.30. The van der Waals surface area contributed by atoms with E-state index in [2.05, 4.69) is 25.6 Å². The van der Waals surface area contributed by atoms with E-state index in [1.807, 2.05) is 0 Å². The summed E-state index contributed by atoms with van der Waals surface area (Å²) in [5.74, 6) is 0.194. The lowest BCUT2D eigenvalue weighted by Crippen LogP contribution is -2.14. The molecule has 0 radical (unpaired) electrons. The van der Waals surface area contributed by atoms with E-state index >= 15 is 0 Å². The molecule has 0 aliphatic heterocycles. The molecule has 35 heavy (non-hydrogen) atoms. The number of ether oxygens (including phenoxy) is 1. The first-order chi connectivity index (χ1) is 16.7. The zero-order chi connectivity index (χ0) is 25.0. The van der Waals surface area contributed by atoms with E-state index in [9.17, 15) is 18.0 Å². The van der Waals surface area contributed by atoms with Crippen LogP contribution >= 0.6 is 11.6 Å². The van der Waals surface area contributed by atoms with Crippen molar-refractivity contribution >= 4 is 29.1 Å². The molecular weight excluding hydrogens is 483 g/mol. The smallest absolute Gasteiger partial charge is 0.416 e. The zero-order valence-electron chi connectivity index (χ0n) is 18.1. The van der Waals surface area contributed by atoms with Crippen LogP contribution in [-0.2, 0) is 6.18 Å². The molecule has 2 aromatic carbocycles. The summed E-state index contributed by atoms with van der Waals surface area (Å²) >= 11 is 6.21. The summed E-state index contributed by atoms with van der Waals surface area (Å²) in [6.07, 6.45) is -1.43. The van der Waals surface area contributed by atoms with Crippen molar-refractivity contribution in [3.8, 4) is 22.9 Å². The highest BCUT2D eigenvalue weighted by Gasteiger charge is 2.31. The van der Waals surface area contributed by atoms with Gasteiger partial charge in [-0.3, -0.25) is 4.79 Å². The van der Waals surface area contributed by atoms with Crippen LogP contribution in [0, 0.1) is 0 Å². The molecule has 0 spiro atoms. The van der Waals surface area contributed by atoms with Crippen molar-refractivity contribution in [1.29, 1.82) is 0 Å². The summed E-state index contributed by atoms with van der Waals surface area (Å²) < 4.78 is 44.9. The van der Waals surface area contributed by atoms with Crippen LogP contribution in [0.15, 0.2) is 73.1 Å². The number of pyridine rings is 1. The molecule has 2 aromatic heterocycles. The third kappa shape index (κ3) is 5.67. The fraction of sp³-hybridized carbons (Fsp3) is 0.0833. The van der Waals surface area contributed by atoms with Crippen molar-refractivity contribution in [2.45, 2.75) is 6.18 Å². The maximum absolute atomic E-state index is 13.0. The van der Waals surface area contributed by atoms with Gasteiger partial charge in [0.1, 0.15) is 5.75 Å². The summed E-state index contributed by atoms with van der Waals surface area (Å²) in [6, 6.07) is 13.8. The lowest BCUT2D eigenvalue weighted by Gasteiger charge is -2.13. The SMILES string of the molecule is CNc1nccc(-c2cccnc2Oc2ccc(Cl)c(NC(=O)c3cccc(C(F)(F)F)c3)c2)n1. The Balaban J connectivity index is 1.59. The number of amides is 1. The topological polar surface area (TPSA) is 89.0 Å². The number of anilines is 2. The van der Waals surface area contributed by atoms with Crippen molar-refractivity contribution in [1.82, 2.24) is 15.0 Å². The van der Waals surface area contributed by atoms with Gasteiger partial charge in [0.2, 0.25) is 11.8 Å². The summed E-state index contributed by atoms with van der Waals surface area (Å²) in [6.45, 7) is 0. The zero-order valence-corrected chi connectivity index (χ0v) is 18.9. The van der Waals surface area contributed by atoms with Crippen LogP contribution in [0.3, 0.4) is 0 Å². The number of rotatable bonds is 6.